The van der Waals surface area contributed by atoms with Crippen molar-refractivity contribution in [2.24, 2.45) is 16.7 Å². The minimum absolute atomic E-state index is 0.154. The van der Waals surface area contributed by atoms with Crippen LogP contribution >= 0.6 is 0 Å². The number of hydrogen-bond acceptors (Lipinski definition) is 12. The third-order valence-electron chi connectivity index (χ3n) is 12.8. The van der Waals surface area contributed by atoms with Crippen LogP contribution in [0.5, 0.6) is 0 Å². The fraction of sp³-hybridized carbons (Fsp3) is 0.667. The van der Waals surface area contributed by atoms with Gasteiger partial charge in [0.1, 0.15) is 23.9 Å². The Morgan fingerprint density at radius 3 is 2.00 bits per heavy atom. The Labute approximate surface area is 307 Å². The topological polar surface area (TPSA) is 161 Å². The second-order valence-corrected chi connectivity index (χ2v) is 20.4. The summed E-state index contributed by atoms with van der Waals surface area (Å²) in [6.07, 6.45) is -5.98. The van der Waals surface area contributed by atoms with Gasteiger partial charge in [-0.05, 0) is 55.3 Å². The van der Waals surface area contributed by atoms with Gasteiger partial charge in [0.15, 0.2) is 25.8 Å². The van der Waals surface area contributed by atoms with Crippen LogP contribution in [0.4, 0.5) is 0 Å². The van der Waals surface area contributed by atoms with Gasteiger partial charge in [-0.15, -0.1) is 0 Å². The van der Waals surface area contributed by atoms with Gasteiger partial charge in [0, 0.05) is 39.0 Å². The van der Waals surface area contributed by atoms with Gasteiger partial charge in [0.2, 0.25) is 0 Å². The molecule has 1 saturated heterocycles. The fourth-order valence-corrected chi connectivity index (χ4v) is 12.6. The van der Waals surface area contributed by atoms with Crippen molar-refractivity contribution in [2.75, 3.05) is 6.61 Å². The van der Waals surface area contributed by atoms with Crippen molar-refractivity contribution in [3.8, 4) is 0 Å². The van der Waals surface area contributed by atoms with Crippen LogP contribution in [-0.2, 0) is 47.3 Å². The molecule has 1 aromatic rings. The van der Waals surface area contributed by atoms with E-state index >= 15 is 4.79 Å². The number of aliphatic hydroxyl groups is 1. The van der Waals surface area contributed by atoms with Gasteiger partial charge in [-0.1, -0.05) is 52.8 Å². The first-order chi connectivity index (χ1) is 24.3. The zero-order chi connectivity index (χ0) is 38.6. The Hall–Kier alpha value is -3.39. The summed E-state index contributed by atoms with van der Waals surface area (Å²) in [5, 5.41) is 13.5. The minimum atomic E-state index is -2.51. The number of Topliss-reactive ketones (excluding diaryl/α,β-unsaturated/α-hetero) is 1. The zero-order valence-corrected chi connectivity index (χ0v) is 33.0. The number of carbonyl (C=O) groups excluding carboxylic acids is 5. The van der Waals surface area contributed by atoms with E-state index in [1.165, 1.54) is 20.8 Å². The molecule has 3 aliphatic carbocycles. The highest BCUT2D eigenvalue weighted by molar-refractivity contribution is 6.73. The van der Waals surface area contributed by atoms with E-state index < -0.39 is 96.4 Å². The number of benzene rings is 1. The molecule has 0 aromatic heterocycles. The van der Waals surface area contributed by atoms with E-state index in [1.807, 2.05) is 0 Å². The molecule has 2 bridgehead atoms. The third-order valence-corrected chi connectivity index (χ3v) is 17.4. The lowest BCUT2D eigenvalue weighted by molar-refractivity contribution is -0.344. The molecule has 5 rings (SSSR count). The summed E-state index contributed by atoms with van der Waals surface area (Å²) in [5.41, 5.74) is -5.95. The van der Waals surface area contributed by atoms with Crippen molar-refractivity contribution in [1.82, 2.24) is 0 Å². The van der Waals surface area contributed by atoms with Gasteiger partial charge < -0.3 is 33.2 Å². The van der Waals surface area contributed by atoms with E-state index in [1.54, 1.807) is 58.0 Å². The van der Waals surface area contributed by atoms with Crippen LogP contribution in [0.1, 0.15) is 92.4 Å². The summed E-state index contributed by atoms with van der Waals surface area (Å²) >= 11 is 0. The molecule has 12 nitrogen and oxygen atoms in total. The molecule has 0 amide bonds. The Balaban J connectivity index is 1.91. The van der Waals surface area contributed by atoms with Gasteiger partial charge in [-0.3, -0.25) is 19.2 Å². The summed E-state index contributed by atoms with van der Waals surface area (Å²) < 4.78 is 37.9. The largest absolute Gasteiger partial charge is 0.458 e. The average Bonchev–Trinajstić information content (AvgIpc) is 3.07. The fourth-order valence-electron chi connectivity index (χ4n) is 9.67. The Morgan fingerprint density at radius 1 is 0.904 bits per heavy atom. The molecule has 52 heavy (non-hydrogen) atoms. The molecule has 1 aromatic carbocycles. The highest BCUT2D eigenvalue weighted by Gasteiger charge is 2.79. The molecule has 0 radical (unpaired) electrons. The molecule has 2 saturated carbocycles. The Kier molecular flexibility index (Phi) is 10.8. The van der Waals surface area contributed by atoms with E-state index in [0.29, 0.717) is 5.57 Å². The monoisotopic (exact) mass is 742 g/mol. The first-order valence-electron chi connectivity index (χ1n) is 18.4. The second-order valence-electron chi connectivity index (χ2n) is 15.7. The zero-order valence-electron chi connectivity index (χ0n) is 32.0. The number of hydrogen-bond donors (Lipinski definition) is 1. The minimum Gasteiger partial charge on any atom is -0.458 e. The summed E-state index contributed by atoms with van der Waals surface area (Å²) in [5.74, 6) is -4.66. The molecule has 4 aliphatic rings. The predicted octanol–water partition coefficient (Wildman–Crippen LogP) is 5.25. The van der Waals surface area contributed by atoms with Crippen molar-refractivity contribution < 1.29 is 57.2 Å². The molecule has 1 unspecified atom stereocenters. The van der Waals surface area contributed by atoms with Crippen molar-refractivity contribution in [3.05, 3.63) is 47.0 Å². The number of carbonyl (C=O) groups is 5. The number of rotatable bonds is 10. The molecule has 0 spiro atoms. The maximum Gasteiger partial charge on any atom is 0.338 e. The quantitative estimate of drug-likeness (QED) is 0.144. The third kappa shape index (κ3) is 6.14. The molecular formula is C39H54O12Si. The van der Waals surface area contributed by atoms with Crippen LogP contribution in [0.3, 0.4) is 0 Å². The van der Waals surface area contributed by atoms with Gasteiger partial charge in [0.05, 0.1) is 29.6 Å². The molecular weight excluding hydrogens is 689 g/mol. The SMILES string of the molecule is CC[Si](CC)(CC)O[C@H]1C[C@H]2OC[C@@]2(OC(C)=O)C2[C@H](OC(=O)c3ccccc3)[C@]3(O)C[C@H](OC(C)=O)C(C)=C([C@@H](OC(C)=O)C(=O)[C@@]21C)C3(C)C. The van der Waals surface area contributed by atoms with E-state index in [0.717, 1.165) is 18.1 Å². The standard InChI is InChI=1S/C39H54O12Si/c1-11-52(12-2,13-3)51-28-19-29-38(21-46-29,50-25(7)42)32-34(49-35(44)26-17-15-14-16-18-26)39(45)20-27(47-23(5)40)22(4)30(36(39,8)9)31(48-24(6)41)33(43)37(28,32)10/h14-18,27-29,31-32,34,45H,11-13,19-21H2,1-10H3/t27-,28-,29+,31+,32?,34-,37+,38-,39+/m0/s1. The van der Waals surface area contributed by atoms with E-state index in [4.69, 9.17) is 28.1 Å². The van der Waals surface area contributed by atoms with Crippen LogP contribution in [-0.4, -0.2) is 91.4 Å². The Morgan fingerprint density at radius 2 is 1.50 bits per heavy atom. The maximum absolute atomic E-state index is 15.8. The normalized spacial score (nSPS) is 35.1. The molecule has 1 N–H and O–H groups in total. The molecule has 286 valence electrons. The summed E-state index contributed by atoms with van der Waals surface area (Å²) in [4.78, 5) is 68.6. The highest BCUT2D eigenvalue weighted by Crippen LogP contribution is 2.65. The number of ketones is 1. The predicted molar refractivity (Wildman–Crippen MR) is 190 cm³/mol. The van der Waals surface area contributed by atoms with Crippen LogP contribution < -0.4 is 0 Å². The van der Waals surface area contributed by atoms with Gasteiger partial charge in [-0.2, -0.15) is 0 Å². The molecule has 1 aliphatic heterocycles. The molecule has 9 atom stereocenters. The summed E-state index contributed by atoms with van der Waals surface area (Å²) in [6, 6.07) is 10.5. The summed E-state index contributed by atoms with van der Waals surface area (Å²) in [6.45, 7) is 16.5. The van der Waals surface area contributed by atoms with E-state index in [-0.39, 0.29) is 30.6 Å². The van der Waals surface area contributed by atoms with E-state index in [2.05, 4.69) is 20.8 Å². The smallest absolute Gasteiger partial charge is 0.338 e. The average molecular weight is 743 g/mol. The highest BCUT2D eigenvalue weighted by atomic mass is 28.4. The second kappa shape index (κ2) is 14.1. The van der Waals surface area contributed by atoms with Crippen LogP contribution in [0.15, 0.2) is 41.5 Å². The van der Waals surface area contributed by atoms with Crippen molar-refractivity contribution >= 4 is 38.0 Å². The van der Waals surface area contributed by atoms with E-state index in [9.17, 15) is 24.3 Å². The number of esters is 4. The molecule has 3 fully saturated rings. The lowest BCUT2D eigenvalue weighted by atomic mass is 9.44. The Bertz CT molecular complexity index is 1630. The first-order valence-corrected chi connectivity index (χ1v) is 20.9. The van der Waals surface area contributed by atoms with Crippen molar-refractivity contribution in [2.45, 2.75) is 142 Å². The van der Waals surface area contributed by atoms with Crippen LogP contribution in [0.2, 0.25) is 18.1 Å². The molecule has 1 heterocycles. The van der Waals surface area contributed by atoms with Crippen LogP contribution in [0, 0.1) is 16.7 Å². The summed E-state index contributed by atoms with van der Waals surface area (Å²) in [7, 11) is -2.51. The van der Waals surface area contributed by atoms with Crippen LogP contribution in [0.25, 0.3) is 0 Å². The lowest BCUT2D eigenvalue weighted by Crippen LogP contribution is -2.82. The number of fused-ring (bicyclic) bond motifs is 5. The van der Waals surface area contributed by atoms with Crippen molar-refractivity contribution in [3.63, 3.8) is 0 Å². The maximum atomic E-state index is 15.8. The van der Waals surface area contributed by atoms with Gasteiger partial charge in [-0.25, -0.2) is 4.79 Å². The van der Waals surface area contributed by atoms with Gasteiger partial charge >= 0.3 is 23.9 Å². The van der Waals surface area contributed by atoms with Crippen molar-refractivity contribution in [1.29, 1.82) is 0 Å². The first kappa shape index (κ1) is 39.8. The number of ether oxygens (including phenoxy) is 5. The lowest BCUT2D eigenvalue weighted by Gasteiger charge is -2.68. The van der Waals surface area contributed by atoms with Gasteiger partial charge in [0.25, 0.3) is 0 Å². The molecule has 13 heteroatoms.